The average Bonchev–Trinajstić information content (AvgIpc) is 2.76. The third-order valence-electron chi connectivity index (χ3n) is 2.19. The second kappa shape index (κ2) is 3.54. The number of nitrogens with zero attached hydrogens (tertiary/aromatic N) is 1. The van der Waals surface area contributed by atoms with Crippen molar-refractivity contribution < 1.29 is 4.79 Å². The maximum absolute atomic E-state index is 10.5. The van der Waals surface area contributed by atoms with Crippen LogP contribution in [0.15, 0.2) is 30.7 Å². The van der Waals surface area contributed by atoms with Crippen molar-refractivity contribution in [2.24, 2.45) is 7.05 Å². The monoisotopic (exact) mass is 188 g/mol. The van der Waals surface area contributed by atoms with Crippen LogP contribution < -0.4 is 0 Å². The highest BCUT2D eigenvalue weighted by Gasteiger charge is 2.00. The highest BCUT2D eigenvalue weighted by atomic mass is 16.1. The quantitative estimate of drug-likeness (QED) is 0.732. The molecular formula is C11H12N2O. The van der Waals surface area contributed by atoms with Gasteiger partial charge < -0.3 is 9.55 Å². The first-order valence-electron chi connectivity index (χ1n) is 4.51. The van der Waals surface area contributed by atoms with Crippen molar-refractivity contribution >= 4 is 6.29 Å². The fourth-order valence-corrected chi connectivity index (χ4v) is 1.52. The Morgan fingerprint density at radius 1 is 1.57 bits per heavy atom. The van der Waals surface area contributed by atoms with Crippen molar-refractivity contribution in [3.63, 3.8) is 0 Å². The minimum atomic E-state index is 0.705. The van der Waals surface area contributed by atoms with Gasteiger partial charge in [-0.15, -0.1) is 0 Å². The van der Waals surface area contributed by atoms with E-state index in [2.05, 4.69) is 17.2 Å². The molecule has 72 valence electrons. The van der Waals surface area contributed by atoms with Crippen molar-refractivity contribution in [2.75, 3.05) is 0 Å². The topological polar surface area (TPSA) is 37.8 Å². The molecule has 0 saturated heterocycles. The molecule has 0 aromatic carbocycles. The first-order valence-corrected chi connectivity index (χ1v) is 4.51. The summed E-state index contributed by atoms with van der Waals surface area (Å²) in [5.74, 6) is 0. The highest BCUT2D eigenvalue weighted by Crippen LogP contribution is 2.09. The molecule has 3 heteroatoms. The second-order valence-electron chi connectivity index (χ2n) is 3.44. The fraction of sp³-hybridized carbons (Fsp3) is 0.182. The third kappa shape index (κ3) is 1.76. The minimum absolute atomic E-state index is 0.705. The van der Waals surface area contributed by atoms with Crippen LogP contribution in [0.2, 0.25) is 0 Å². The van der Waals surface area contributed by atoms with Gasteiger partial charge in [-0.25, -0.2) is 0 Å². The van der Waals surface area contributed by atoms with Gasteiger partial charge in [-0.2, -0.15) is 0 Å². The van der Waals surface area contributed by atoms with Crippen LogP contribution in [0.1, 0.15) is 21.6 Å². The summed E-state index contributed by atoms with van der Waals surface area (Å²) in [5, 5.41) is 0. The predicted molar refractivity (Wildman–Crippen MR) is 54.4 cm³/mol. The summed E-state index contributed by atoms with van der Waals surface area (Å²) in [5.41, 5.74) is 3.01. The Morgan fingerprint density at radius 3 is 3.00 bits per heavy atom. The van der Waals surface area contributed by atoms with Crippen molar-refractivity contribution in [3.8, 4) is 0 Å². The molecule has 0 bridgehead atoms. The van der Waals surface area contributed by atoms with Gasteiger partial charge in [0.2, 0.25) is 0 Å². The lowest BCUT2D eigenvalue weighted by atomic mass is 10.2. The first-order chi connectivity index (χ1) is 6.78. The number of carbonyl (C=O) groups is 1. The Kier molecular flexibility index (Phi) is 2.23. The number of aldehydes is 1. The Hall–Kier alpha value is -1.77. The molecule has 0 aliphatic rings. The fourth-order valence-electron chi connectivity index (χ4n) is 1.52. The predicted octanol–water partition coefficient (Wildman–Crippen LogP) is 1.76. The molecule has 1 N–H and O–H groups in total. The maximum atomic E-state index is 10.5. The highest BCUT2D eigenvalue weighted by molar-refractivity contribution is 5.74. The summed E-state index contributed by atoms with van der Waals surface area (Å²) in [6, 6.07) is 3.95. The Balaban J connectivity index is 2.14. The van der Waals surface area contributed by atoms with Crippen LogP contribution in [0.4, 0.5) is 0 Å². The van der Waals surface area contributed by atoms with E-state index in [1.54, 1.807) is 6.20 Å². The van der Waals surface area contributed by atoms with E-state index in [1.807, 2.05) is 23.9 Å². The van der Waals surface area contributed by atoms with E-state index in [1.165, 1.54) is 5.56 Å². The SMILES string of the molecule is Cn1ccc(Cc2cc(C=O)c[nH]2)c1. The Morgan fingerprint density at radius 2 is 2.43 bits per heavy atom. The maximum Gasteiger partial charge on any atom is 0.151 e. The molecule has 0 atom stereocenters. The minimum Gasteiger partial charge on any atom is -0.364 e. The van der Waals surface area contributed by atoms with E-state index < -0.39 is 0 Å². The number of hydrogen-bond acceptors (Lipinski definition) is 1. The molecule has 0 aliphatic carbocycles. The molecule has 0 fully saturated rings. The third-order valence-corrected chi connectivity index (χ3v) is 2.19. The van der Waals surface area contributed by atoms with Crippen LogP contribution in [-0.4, -0.2) is 15.8 Å². The summed E-state index contributed by atoms with van der Waals surface area (Å²) in [6.07, 6.45) is 7.51. The second-order valence-corrected chi connectivity index (χ2v) is 3.44. The first kappa shape index (κ1) is 8.81. The van der Waals surface area contributed by atoms with E-state index in [0.717, 1.165) is 18.4 Å². The molecule has 0 spiro atoms. The Labute approximate surface area is 82.4 Å². The van der Waals surface area contributed by atoms with Gasteiger partial charge in [-0.3, -0.25) is 4.79 Å². The molecule has 14 heavy (non-hydrogen) atoms. The van der Waals surface area contributed by atoms with Crippen LogP contribution in [-0.2, 0) is 13.5 Å². The van der Waals surface area contributed by atoms with Crippen LogP contribution in [0, 0.1) is 0 Å². The summed E-state index contributed by atoms with van der Waals surface area (Å²) in [6.45, 7) is 0. The molecule has 2 heterocycles. The molecule has 0 radical (unpaired) electrons. The largest absolute Gasteiger partial charge is 0.364 e. The number of rotatable bonds is 3. The zero-order chi connectivity index (χ0) is 9.97. The molecule has 2 aromatic heterocycles. The molecule has 0 aliphatic heterocycles. The molecular weight excluding hydrogens is 176 g/mol. The van der Waals surface area contributed by atoms with E-state index in [-0.39, 0.29) is 0 Å². The average molecular weight is 188 g/mol. The van der Waals surface area contributed by atoms with Crippen LogP contribution in [0.3, 0.4) is 0 Å². The number of aryl methyl sites for hydroxylation is 1. The van der Waals surface area contributed by atoms with Gasteiger partial charge in [0.15, 0.2) is 6.29 Å². The summed E-state index contributed by atoms with van der Waals surface area (Å²) in [7, 11) is 2.00. The van der Waals surface area contributed by atoms with Gasteiger partial charge in [-0.1, -0.05) is 0 Å². The zero-order valence-corrected chi connectivity index (χ0v) is 8.03. The molecule has 2 rings (SSSR count). The Bertz CT molecular complexity index is 440. The van der Waals surface area contributed by atoms with E-state index in [9.17, 15) is 4.79 Å². The van der Waals surface area contributed by atoms with Crippen LogP contribution in [0.25, 0.3) is 0 Å². The van der Waals surface area contributed by atoms with Crippen LogP contribution >= 0.6 is 0 Å². The summed E-state index contributed by atoms with van der Waals surface area (Å²) < 4.78 is 2.01. The van der Waals surface area contributed by atoms with Gasteiger partial charge in [0, 0.05) is 43.3 Å². The summed E-state index contributed by atoms with van der Waals surface area (Å²) in [4.78, 5) is 13.5. The molecule has 0 saturated carbocycles. The number of aromatic nitrogens is 2. The van der Waals surface area contributed by atoms with Crippen molar-refractivity contribution in [1.29, 1.82) is 0 Å². The van der Waals surface area contributed by atoms with Gasteiger partial charge in [-0.05, 0) is 17.7 Å². The van der Waals surface area contributed by atoms with Gasteiger partial charge >= 0.3 is 0 Å². The van der Waals surface area contributed by atoms with E-state index in [4.69, 9.17) is 0 Å². The lowest BCUT2D eigenvalue weighted by molar-refractivity contribution is 0.112. The lowest BCUT2D eigenvalue weighted by Crippen LogP contribution is -1.86. The van der Waals surface area contributed by atoms with E-state index in [0.29, 0.717) is 5.56 Å². The van der Waals surface area contributed by atoms with Crippen molar-refractivity contribution in [1.82, 2.24) is 9.55 Å². The lowest BCUT2D eigenvalue weighted by Gasteiger charge is -1.93. The normalized spacial score (nSPS) is 10.4. The van der Waals surface area contributed by atoms with Gasteiger partial charge in [0.05, 0.1) is 0 Å². The number of nitrogens with one attached hydrogen (secondary N) is 1. The zero-order valence-electron chi connectivity index (χ0n) is 8.03. The summed E-state index contributed by atoms with van der Waals surface area (Å²) >= 11 is 0. The van der Waals surface area contributed by atoms with Crippen molar-refractivity contribution in [2.45, 2.75) is 6.42 Å². The molecule has 2 aromatic rings. The van der Waals surface area contributed by atoms with Gasteiger partial charge in [0.1, 0.15) is 0 Å². The molecule has 0 amide bonds. The van der Waals surface area contributed by atoms with Gasteiger partial charge in [0.25, 0.3) is 0 Å². The molecule has 0 unspecified atom stereocenters. The number of H-pyrrole nitrogens is 1. The number of aromatic amines is 1. The smallest absolute Gasteiger partial charge is 0.151 e. The number of hydrogen-bond donors (Lipinski definition) is 1. The van der Waals surface area contributed by atoms with Crippen LogP contribution in [0.5, 0.6) is 0 Å². The van der Waals surface area contributed by atoms with E-state index >= 15 is 0 Å². The van der Waals surface area contributed by atoms with Crippen molar-refractivity contribution in [3.05, 3.63) is 47.5 Å². The number of carbonyl (C=O) groups excluding carboxylic acids is 1. The standard InChI is InChI=1S/C11H12N2O/c1-13-3-2-9(7-13)4-11-5-10(8-14)6-12-11/h2-3,5-8,12H,4H2,1H3. The molecule has 3 nitrogen and oxygen atoms in total.